The molecule has 0 unspecified atom stereocenters. The van der Waals surface area contributed by atoms with E-state index >= 15 is 0 Å². The molecule has 0 bridgehead atoms. The highest BCUT2D eigenvalue weighted by Crippen LogP contribution is 2.41. The van der Waals surface area contributed by atoms with Crippen molar-refractivity contribution in [2.45, 2.75) is 0 Å². The van der Waals surface area contributed by atoms with Gasteiger partial charge in [-0.3, -0.25) is 4.57 Å². The van der Waals surface area contributed by atoms with Crippen LogP contribution in [0, 0.1) is 0 Å². The number of thiophene rings is 1. The SMILES string of the molecule is c1ccc(-c2nc(-c3ccc4c(c3)sc3ccccc34)nc(-n3c4ccccc4c4cccc(-c5ccc6oc7cc(-c8ccc9ccccc9c8)ccc7c6c5)c43)n2)cc1. The normalized spacial score (nSPS) is 11.9. The minimum Gasteiger partial charge on any atom is -0.456 e. The number of hydrogen-bond acceptors (Lipinski definition) is 5. The summed E-state index contributed by atoms with van der Waals surface area (Å²) in [5, 5.41) is 9.36. The van der Waals surface area contributed by atoms with Crippen LogP contribution in [0.2, 0.25) is 0 Å². The highest BCUT2D eigenvalue weighted by molar-refractivity contribution is 7.25. The first-order valence-corrected chi connectivity index (χ1v) is 21.2. The van der Waals surface area contributed by atoms with E-state index in [0.717, 1.165) is 71.6 Å². The molecule has 4 heterocycles. The second kappa shape index (κ2) is 13.3. The average Bonchev–Trinajstić information content (AvgIpc) is 4.00. The Morgan fingerprint density at radius 1 is 0.377 bits per heavy atom. The summed E-state index contributed by atoms with van der Waals surface area (Å²) >= 11 is 1.79. The summed E-state index contributed by atoms with van der Waals surface area (Å²) in [5.41, 5.74) is 10.1. The molecule has 6 heteroatoms. The number of para-hydroxylation sites is 2. The van der Waals surface area contributed by atoms with Crippen molar-refractivity contribution in [1.29, 1.82) is 0 Å². The van der Waals surface area contributed by atoms with Gasteiger partial charge in [0.1, 0.15) is 11.2 Å². The second-order valence-corrected chi connectivity index (χ2v) is 16.7. The molecule has 4 aromatic heterocycles. The molecule has 0 atom stereocenters. The molecule has 13 aromatic rings. The van der Waals surface area contributed by atoms with Crippen LogP contribution in [-0.2, 0) is 0 Å². The van der Waals surface area contributed by atoms with Crippen molar-refractivity contribution in [3.05, 3.63) is 194 Å². The maximum atomic E-state index is 6.54. The van der Waals surface area contributed by atoms with Gasteiger partial charge in [0, 0.05) is 58.4 Å². The fourth-order valence-corrected chi connectivity index (χ4v) is 10.3. The molecule has 5 nitrogen and oxygen atoms in total. The maximum Gasteiger partial charge on any atom is 0.238 e. The summed E-state index contributed by atoms with van der Waals surface area (Å²) in [6, 6.07) is 68.6. The van der Waals surface area contributed by atoms with Crippen LogP contribution in [0.5, 0.6) is 0 Å². The molecular weight excluding hydrogens is 765 g/mol. The molecule has 0 spiro atoms. The van der Waals surface area contributed by atoms with Crippen molar-refractivity contribution in [1.82, 2.24) is 19.5 Å². The molecule has 0 saturated heterocycles. The van der Waals surface area contributed by atoms with Gasteiger partial charge in [0.2, 0.25) is 5.95 Å². The largest absolute Gasteiger partial charge is 0.456 e. The van der Waals surface area contributed by atoms with E-state index in [4.69, 9.17) is 19.4 Å². The van der Waals surface area contributed by atoms with Crippen LogP contribution in [0.4, 0.5) is 0 Å². The summed E-state index contributed by atoms with van der Waals surface area (Å²) in [5.74, 6) is 1.81. The van der Waals surface area contributed by atoms with E-state index in [-0.39, 0.29) is 0 Å². The lowest BCUT2D eigenvalue weighted by Crippen LogP contribution is -2.07. The number of rotatable bonds is 5. The molecule has 13 rings (SSSR count). The van der Waals surface area contributed by atoms with E-state index < -0.39 is 0 Å². The second-order valence-electron chi connectivity index (χ2n) is 15.6. The Balaban J connectivity index is 1.00. The molecule has 0 radical (unpaired) electrons. The van der Waals surface area contributed by atoms with Crippen LogP contribution < -0.4 is 0 Å². The number of fused-ring (bicyclic) bond motifs is 10. The molecule has 0 fully saturated rings. The monoisotopic (exact) mass is 796 g/mol. The van der Waals surface area contributed by atoms with Gasteiger partial charge < -0.3 is 4.42 Å². The van der Waals surface area contributed by atoms with Gasteiger partial charge in [0.15, 0.2) is 11.6 Å². The van der Waals surface area contributed by atoms with Gasteiger partial charge in [0.05, 0.1) is 11.0 Å². The molecule has 9 aromatic carbocycles. The zero-order valence-electron chi connectivity index (χ0n) is 32.6. The van der Waals surface area contributed by atoms with Gasteiger partial charge in [-0.1, -0.05) is 146 Å². The summed E-state index contributed by atoms with van der Waals surface area (Å²) in [7, 11) is 0. The molecular formula is C55H32N4OS. The van der Waals surface area contributed by atoms with Crippen molar-refractivity contribution in [2.75, 3.05) is 0 Å². The summed E-state index contributed by atoms with van der Waals surface area (Å²) in [6.07, 6.45) is 0. The highest BCUT2D eigenvalue weighted by Gasteiger charge is 2.21. The summed E-state index contributed by atoms with van der Waals surface area (Å²) < 4.78 is 11.2. The number of hydrogen-bond donors (Lipinski definition) is 0. The maximum absolute atomic E-state index is 6.54. The van der Waals surface area contributed by atoms with Crippen LogP contribution in [0.25, 0.3) is 126 Å². The first-order valence-electron chi connectivity index (χ1n) is 20.4. The van der Waals surface area contributed by atoms with Crippen LogP contribution in [0.3, 0.4) is 0 Å². The van der Waals surface area contributed by atoms with Crippen LogP contribution in [-0.4, -0.2) is 19.5 Å². The third kappa shape index (κ3) is 5.43. The molecule has 0 amide bonds. The Hall–Kier alpha value is -7.93. The summed E-state index contributed by atoms with van der Waals surface area (Å²) in [4.78, 5) is 15.7. The van der Waals surface area contributed by atoms with Crippen molar-refractivity contribution in [2.24, 2.45) is 0 Å². The Bertz CT molecular complexity index is 3900. The third-order valence-corrected chi connectivity index (χ3v) is 13.2. The average molecular weight is 797 g/mol. The van der Waals surface area contributed by atoms with Gasteiger partial charge in [-0.25, -0.2) is 4.98 Å². The molecule has 284 valence electrons. The number of benzene rings is 9. The van der Waals surface area contributed by atoms with Crippen molar-refractivity contribution < 1.29 is 4.42 Å². The Labute approximate surface area is 353 Å². The molecule has 0 N–H and O–H groups in total. The Kier molecular flexibility index (Phi) is 7.41. The number of aromatic nitrogens is 4. The van der Waals surface area contributed by atoms with Gasteiger partial charge in [0.25, 0.3) is 0 Å². The number of furan rings is 1. The fraction of sp³-hybridized carbons (Fsp3) is 0. The van der Waals surface area contributed by atoms with E-state index in [9.17, 15) is 0 Å². The molecule has 0 aliphatic heterocycles. The first-order chi connectivity index (χ1) is 30.2. The molecule has 0 aliphatic rings. The minimum absolute atomic E-state index is 0.565. The van der Waals surface area contributed by atoms with Crippen molar-refractivity contribution in [3.63, 3.8) is 0 Å². The van der Waals surface area contributed by atoms with Crippen LogP contribution >= 0.6 is 11.3 Å². The van der Waals surface area contributed by atoms with Crippen LogP contribution in [0.1, 0.15) is 0 Å². The fourth-order valence-electron chi connectivity index (χ4n) is 9.13. The zero-order valence-corrected chi connectivity index (χ0v) is 33.4. The van der Waals surface area contributed by atoms with Crippen LogP contribution in [0.15, 0.2) is 199 Å². The van der Waals surface area contributed by atoms with E-state index in [0.29, 0.717) is 17.6 Å². The first kappa shape index (κ1) is 34.0. The highest BCUT2D eigenvalue weighted by atomic mass is 32.1. The van der Waals surface area contributed by atoms with Crippen molar-refractivity contribution >= 4 is 86.0 Å². The zero-order chi connectivity index (χ0) is 40.0. The van der Waals surface area contributed by atoms with E-state index in [1.165, 1.54) is 36.5 Å². The smallest absolute Gasteiger partial charge is 0.238 e. The van der Waals surface area contributed by atoms with Gasteiger partial charge in [-0.2, -0.15) is 9.97 Å². The van der Waals surface area contributed by atoms with Crippen molar-refractivity contribution in [3.8, 4) is 51.0 Å². The lowest BCUT2D eigenvalue weighted by molar-refractivity contribution is 0.669. The van der Waals surface area contributed by atoms with E-state index in [1.54, 1.807) is 11.3 Å². The number of nitrogens with zero attached hydrogens (tertiary/aromatic N) is 4. The van der Waals surface area contributed by atoms with E-state index in [2.05, 4.69) is 180 Å². The predicted molar refractivity (Wildman–Crippen MR) is 254 cm³/mol. The lowest BCUT2D eigenvalue weighted by Gasteiger charge is -2.13. The Morgan fingerprint density at radius 3 is 1.98 bits per heavy atom. The van der Waals surface area contributed by atoms with E-state index in [1.807, 2.05) is 18.2 Å². The van der Waals surface area contributed by atoms with Gasteiger partial charge in [-0.05, 0) is 76.0 Å². The Morgan fingerprint density at radius 2 is 1.07 bits per heavy atom. The van der Waals surface area contributed by atoms with Gasteiger partial charge in [-0.15, -0.1) is 11.3 Å². The van der Waals surface area contributed by atoms with Gasteiger partial charge >= 0.3 is 0 Å². The lowest BCUT2D eigenvalue weighted by atomic mass is 9.98. The molecule has 61 heavy (non-hydrogen) atoms. The minimum atomic E-state index is 0.565. The summed E-state index contributed by atoms with van der Waals surface area (Å²) in [6.45, 7) is 0. The third-order valence-electron chi connectivity index (χ3n) is 12.1. The molecule has 0 aliphatic carbocycles. The topological polar surface area (TPSA) is 56.7 Å². The quantitative estimate of drug-likeness (QED) is 0.174. The predicted octanol–water partition coefficient (Wildman–Crippen LogP) is 15.1. The standard InChI is InChI=1S/C55H32N4OS/c1-2-12-34(13-3-1)53-56-54(39-24-27-44-43-16-7-9-20-50(43)61-51(44)32-39)58-55(57-53)59-47-19-8-6-15-41(47)45-18-10-17-40(52(45)59)38-25-28-48-46(30-38)42-26-23-37(31-49(42)60-48)36-22-21-33-11-4-5-14-35(33)29-36/h1-32H. The molecule has 0 saturated carbocycles.